The van der Waals surface area contributed by atoms with E-state index in [0.717, 1.165) is 23.9 Å². The number of fused-ring (bicyclic) bond motifs is 1. The van der Waals surface area contributed by atoms with Gasteiger partial charge in [-0.3, -0.25) is 4.79 Å². The molecule has 78 valence electrons. The van der Waals surface area contributed by atoms with Crippen LogP contribution in [0.4, 0.5) is 0 Å². The maximum atomic E-state index is 11.8. The Labute approximate surface area is 97.4 Å². The fourth-order valence-corrected chi connectivity index (χ4v) is 2.94. The molecule has 3 fully saturated rings. The summed E-state index contributed by atoms with van der Waals surface area (Å²) in [5.74, 6) is 0.710. The van der Waals surface area contributed by atoms with Crippen LogP contribution in [0.3, 0.4) is 0 Å². The Morgan fingerprint density at radius 1 is 1.40 bits per heavy atom. The maximum Gasteiger partial charge on any atom is 0.226 e. The van der Waals surface area contributed by atoms with Gasteiger partial charge in [-0.15, -0.1) is 0 Å². The van der Waals surface area contributed by atoms with Gasteiger partial charge in [0.2, 0.25) is 5.91 Å². The van der Waals surface area contributed by atoms with Crippen molar-refractivity contribution in [3.05, 3.63) is 34.3 Å². The van der Waals surface area contributed by atoms with Crippen LogP contribution >= 0.6 is 15.9 Å². The van der Waals surface area contributed by atoms with E-state index in [1.54, 1.807) is 0 Å². The highest BCUT2D eigenvalue weighted by molar-refractivity contribution is 9.10. The Hall–Kier alpha value is -0.830. The standard InChI is InChI=1S/C12H12BrNO/c13-10-3-1-2-8(4-10)7-14-11-5-9(6-11)12(14)15/h1-4,9,11H,5-7H2. The Balaban J connectivity index is 1.78. The number of rotatable bonds is 2. The molecule has 1 aromatic rings. The summed E-state index contributed by atoms with van der Waals surface area (Å²) in [5.41, 5.74) is 1.21. The summed E-state index contributed by atoms with van der Waals surface area (Å²) >= 11 is 3.45. The summed E-state index contributed by atoms with van der Waals surface area (Å²) in [4.78, 5) is 13.8. The quantitative estimate of drug-likeness (QED) is 0.805. The second kappa shape index (κ2) is 3.34. The molecule has 0 spiro atoms. The molecule has 4 rings (SSSR count). The Bertz CT molecular complexity index is 412. The number of carbonyl (C=O) groups excluding carboxylic acids is 1. The van der Waals surface area contributed by atoms with Gasteiger partial charge < -0.3 is 4.90 Å². The number of hydrogen-bond donors (Lipinski definition) is 0. The van der Waals surface area contributed by atoms with E-state index in [1.807, 2.05) is 17.0 Å². The molecule has 1 saturated carbocycles. The molecular formula is C12H12BrNO. The van der Waals surface area contributed by atoms with E-state index in [4.69, 9.17) is 0 Å². The molecule has 3 heteroatoms. The van der Waals surface area contributed by atoms with Crippen LogP contribution in [0.5, 0.6) is 0 Å². The highest BCUT2D eigenvalue weighted by Crippen LogP contribution is 2.42. The van der Waals surface area contributed by atoms with E-state index >= 15 is 0 Å². The molecule has 0 N–H and O–H groups in total. The van der Waals surface area contributed by atoms with Crippen molar-refractivity contribution in [3.8, 4) is 0 Å². The number of nitrogens with zero attached hydrogens (tertiary/aromatic N) is 1. The van der Waals surface area contributed by atoms with Gasteiger partial charge in [-0.25, -0.2) is 0 Å². The number of amides is 1. The van der Waals surface area contributed by atoms with Crippen LogP contribution in [0, 0.1) is 5.92 Å². The molecule has 0 radical (unpaired) electrons. The van der Waals surface area contributed by atoms with Gasteiger partial charge in [-0.1, -0.05) is 28.1 Å². The third-order valence-corrected chi connectivity index (χ3v) is 3.92. The first-order valence-electron chi connectivity index (χ1n) is 5.29. The average Bonchev–Trinajstić information content (AvgIpc) is 2.55. The van der Waals surface area contributed by atoms with Crippen LogP contribution in [0.2, 0.25) is 0 Å². The van der Waals surface area contributed by atoms with E-state index in [2.05, 4.69) is 28.1 Å². The van der Waals surface area contributed by atoms with Gasteiger partial charge >= 0.3 is 0 Å². The van der Waals surface area contributed by atoms with Gasteiger partial charge in [0.05, 0.1) is 0 Å². The minimum absolute atomic E-state index is 0.349. The highest BCUT2D eigenvalue weighted by atomic mass is 79.9. The molecule has 1 amide bonds. The predicted octanol–water partition coefficient (Wildman–Crippen LogP) is 2.57. The van der Waals surface area contributed by atoms with Gasteiger partial charge in [0, 0.05) is 23.0 Å². The first kappa shape index (κ1) is 9.40. The first-order chi connectivity index (χ1) is 7.24. The number of hydrogen-bond acceptors (Lipinski definition) is 1. The second-order valence-electron chi connectivity index (χ2n) is 4.42. The lowest BCUT2D eigenvalue weighted by Gasteiger charge is -2.25. The van der Waals surface area contributed by atoms with Crippen molar-refractivity contribution >= 4 is 21.8 Å². The van der Waals surface area contributed by atoms with Crippen molar-refractivity contribution in [2.45, 2.75) is 25.4 Å². The summed E-state index contributed by atoms with van der Waals surface area (Å²) < 4.78 is 1.08. The molecule has 0 atom stereocenters. The van der Waals surface area contributed by atoms with Crippen molar-refractivity contribution in [1.29, 1.82) is 0 Å². The molecule has 0 aromatic heterocycles. The zero-order chi connectivity index (χ0) is 10.4. The van der Waals surface area contributed by atoms with E-state index in [9.17, 15) is 4.79 Å². The average molecular weight is 266 g/mol. The van der Waals surface area contributed by atoms with Gasteiger partial charge in [0.1, 0.15) is 0 Å². The van der Waals surface area contributed by atoms with E-state index in [0.29, 0.717) is 17.9 Å². The third kappa shape index (κ3) is 1.49. The van der Waals surface area contributed by atoms with E-state index in [1.165, 1.54) is 5.56 Å². The van der Waals surface area contributed by atoms with Crippen molar-refractivity contribution in [3.63, 3.8) is 0 Å². The van der Waals surface area contributed by atoms with E-state index < -0.39 is 0 Å². The maximum absolute atomic E-state index is 11.8. The zero-order valence-electron chi connectivity index (χ0n) is 8.32. The zero-order valence-corrected chi connectivity index (χ0v) is 9.90. The van der Waals surface area contributed by atoms with Crippen molar-refractivity contribution in [2.24, 2.45) is 5.92 Å². The molecule has 0 unspecified atom stereocenters. The summed E-state index contributed by atoms with van der Waals surface area (Å²) in [7, 11) is 0. The molecule has 1 aromatic carbocycles. The number of carbonyl (C=O) groups is 1. The summed E-state index contributed by atoms with van der Waals surface area (Å²) in [6, 6.07) is 8.72. The molecule has 2 nitrogen and oxygen atoms in total. The van der Waals surface area contributed by atoms with Crippen LogP contribution in [0.25, 0.3) is 0 Å². The van der Waals surface area contributed by atoms with E-state index in [-0.39, 0.29) is 0 Å². The lowest BCUT2D eigenvalue weighted by Crippen LogP contribution is -2.29. The van der Waals surface area contributed by atoms with Gasteiger partial charge in [0.25, 0.3) is 0 Å². The Morgan fingerprint density at radius 3 is 2.80 bits per heavy atom. The van der Waals surface area contributed by atoms with Crippen LogP contribution in [-0.4, -0.2) is 16.8 Å². The van der Waals surface area contributed by atoms with Crippen LogP contribution in [0.1, 0.15) is 18.4 Å². The largest absolute Gasteiger partial charge is 0.335 e. The summed E-state index contributed by atoms with van der Waals surface area (Å²) in [6.07, 6.45) is 2.18. The molecule has 3 aliphatic rings. The normalized spacial score (nSPS) is 28.1. The highest BCUT2D eigenvalue weighted by Gasteiger charge is 2.49. The topological polar surface area (TPSA) is 20.3 Å². The SMILES string of the molecule is O=C1C2CC(C2)N1Cc1cccc(Br)c1. The van der Waals surface area contributed by atoms with Crippen LogP contribution in [0.15, 0.2) is 28.7 Å². The van der Waals surface area contributed by atoms with Gasteiger partial charge in [-0.2, -0.15) is 0 Å². The van der Waals surface area contributed by atoms with Gasteiger partial charge in [-0.05, 0) is 30.5 Å². The molecule has 2 saturated heterocycles. The molecule has 2 heterocycles. The van der Waals surface area contributed by atoms with Crippen molar-refractivity contribution in [1.82, 2.24) is 4.90 Å². The molecular weight excluding hydrogens is 254 g/mol. The summed E-state index contributed by atoms with van der Waals surface area (Å²) in [5, 5.41) is 0. The first-order valence-corrected chi connectivity index (χ1v) is 6.08. The third-order valence-electron chi connectivity index (χ3n) is 3.43. The lowest BCUT2D eigenvalue weighted by molar-refractivity contribution is -0.129. The number of benzene rings is 1. The van der Waals surface area contributed by atoms with Crippen LogP contribution < -0.4 is 0 Å². The number of halogens is 1. The fourth-order valence-electron chi connectivity index (χ4n) is 2.50. The van der Waals surface area contributed by atoms with Crippen molar-refractivity contribution < 1.29 is 4.79 Å². The Kier molecular flexibility index (Phi) is 2.09. The molecule has 1 aliphatic carbocycles. The lowest BCUT2D eigenvalue weighted by atomic mass is 9.86. The minimum atomic E-state index is 0.349. The van der Waals surface area contributed by atoms with Crippen molar-refractivity contribution in [2.75, 3.05) is 0 Å². The summed E-state index contributed by atoms with van der Waals surface area (Å²) in [6.45, 7) is 0.777. The molecule has 2 aliphatic heterocycles. The minimum Gasteiger partial charge on any atom is -0.335 e. The van der Waals surface area contributed by atoms with Gasteiger partial charge in [0.15, 0.2) is 0 Å². The smallest absolute Gasteiger partial charge is 0.226 e. The second-order valence-corrected chi connectivity index (χ2v) is 5.33. The fraction of sp³-hybridized carbons (Fsp3) is 0.417. The Morgan fingerprint density at radius 2 is 2.20 bits per heavy atom. The predicted molar refractivity (Wildman–Crippen MR) is 61.2 cm³/mol. The molecule has 15 heavy (non-hydrogen) atoms. The van der Waals surface area contributed by atoms with Crippen LogP contribution in [-0.2, 0) is 11.3 Å². The molecule has 2 bridgehead atoms. The monoisotopic (exact) mass is 265 g/mol.